The number of hydrogen-bond donors (Lipinski definition) is 1. The van der Waals surface area contributed by atoms with E-state index in [1.54, 1.807) is 0 Å². The van der Waals surface area contributed by atoms with Crippen LogP contribution in [0.1, 0.15) is 16.7 Å². The summed E-state index contributed by atoms with van der Waals surface area (Å²) in [5.74, 6) is -1.69. The van der Waals surface area contributed by atoms with Crippen molar-refractivity contribution in [3.8, 4) is 0 Å². The molecule has 0 aliphatic carbocycles. The summed E-state index contributed by atoms with van der Waals surface area (Å²) >= 11 is 0. The Morgan fingerprint density at radius 1 is 1.10 bits per heavy atom. The van der Waals surface area contributed by atoms with E-state index in [0.717, 1.165) is 23.3 Å². The quantitative estimate of drug-likeness (QED) is 0.907. The summed E-state index contributed by atoms with van der Waals surface area (Å²) in [6, 6.07) is 8.92. The van der Waals surface area contributed by atoms with Gasteiger partial charge in [0.2, 0.25) is 5.91 Å². The molecule has 0 aliphatic heterocycles. The van der Waals surface area contributed by atoms with Crippen LogP contribution in [-0.4, -0.2) is 5.91 Å². The first-order chi connectivity index (χ1) is 9.45. The molecule has 0 bridgehead atoms. The van der Waals surface area contributed by atoms with E-state index in [1.807, 2.05) is 32.0 Å². The zero-order chi connectivity index (χ0) is 14.7. The average Bonchev–Trinajstić information content (AvgIpc) is 2.37. The Balaban J connectivity index is 2.11. The predicted octanol–water partition coefficient (Wildman–Crippen LogP) is 3.76. The Morgan fingerprint density at radius 3 is 2.55 bits per heavy atom. The molecule has 0 aliphatic rings. The average molecular weight is 275 g/mol. The minimum absolute atomic E-state index is 0.126. The van der Waals surface area contributed by atoms with Crippen molar-refractivity contribution in [2.75, 3.05) is 5.32 Å². The van der Waals surface area contributed by atoms with E-state index in [9.17, 15) is 13.6 Å². The number of carbonyl (C=O) groups excluding carboxylic acids is 1. The molecule has 2 aromatic carbocycles. The smallest absolute Gasteiger partial charge is 0.228 e. The Hall–Kier alpha value is -2.23. The largest absolute Gasteiger partial charge is 0.326 e. The van der Waals surface area contributed by atoms with Crippen molar-refractivity contribution in [3.63, 3.8) is 0 Å². The molecule has 1 N–H and O–H groups in total. The fraction of sp³-hybridized carbons (Fsp3) is 0.188. The van der Waals surface area contributed by atoms with Crippen LogP contribution in [0, 0.1) is 25.5 Å². The molecule has 0 radical (unpaired) electrons. The van der Waals surface area contributed by atoms with Crippen molar-refractivity contribution >= 4 is 11.6 Å². The Bertz CT molecular complexity index is 653. The highest BCUT2D eigenvalue weighted by Gasteiger charge is 2.10. The molecule has 0 atom stereocenters. The molecule has 0 unspecified atom stereocenters. The lowest BCUT2D eigenvalue weighted by Gasteiger charge is -2.09. The summed E-state index contributed by atoms with van der Waals surface area (Å²) in [5, 5.41) is 2.74. The van der Waals surface area contributed by atoms with Gasteiger partial charge in [-0.15, -0.1) is 0 Å². The lowest BCUT2D eigenvalue weighted by atomic mass is 10.1. The second-order valence-corrected chi connectivity index (χ2v) is 4.78. The molecule has 2 nitrogen and oxygen atoms in total. The monoisotopic (exact) mass is 275 g/mol. The zero-order valence-corrected chi connectivity index (χ0v) is 11.3. The third-order valence-electron chi connectivity index (χ3n) is 3.03. The Morgan fingerprint density at radius 2 is 1.85 bits per heavy atom. The van der Waals surface area contributed by atoms with Gasteiger partial charge in [0.25, 0.3) is 0 Å². The van der Waals surface area contributed by atoms with E-state index in [0.29, 0.717) is 5.69 Å². The van der Waals surface area contributed by atoms with Gasteiger partial charge >= 0.3 is 0 Å². The normalized spacial score (nSPS) is 10.4. The Kier molecular flexibility index (Phi) is 4.13. The van der Waals surface area contributed by atoms with Crippen molar-refractivity contribution in [1.29, 1.82) is 0 Å². The van der Waals surface area contributed by atoms with Gasteiger partial charge in [-0.3, -0.25) is 4.79 Å². The highest BCUT2D eigenvalue weighted by Crippen LogP contribution is 2.17. The maximum absolute atomic E-state index is 13.5. The van der Waals surface area contributed by atoms with Gasteiger partial charge in [-0.05, 0) is 42.7 Å². The Labute approximate surface area is 116 Å². The molecule has 2 aromatic rings. The fourth-order valence-electron chi connectivity index (χ4n) is 1.90. The summed E-state index contributed by atoms with van der Waals surface area (Å²) in [6.45, 7) is 3.81. The van der Waals surface area contributed by atoms with E-state index in [-0.39, 0.29) is 17.9 Å². The number of anilines is 1. The molecule has 0 saturated heterocycles. The number of rotatable bonds is 3. The first kappa shape index (κ1) is 14.2. The van der Waals surface area contributed by atoms with Crippen LogP contribution in [0.15, 0.2) is 36.4 Å². The topological polar surface area (TPSA) is 29.1 Å². The molecule has 104 valence electrons. The first-order valence-electron chi connectivity index (χ1n) is 6.27. The van der Waals surface area contributed by atoms with Gasteiger partial charge in [-0.1, -0.05) is 18.2 Å². The summed E-state index contributed by atoms with van der Waals surface area (Å²) in [7, 11) is 0. The summed E-state index contributed by atoms with van der Waals surface area (Å²) in [6.07, 6.45) is -0.126. The molecule has 1 amide bonds. The van der Waals surface area contributed by atoms with Crippen LogP contribution >= 0.6 is 0 Å². The van der Waals surface area contributed by atoms with Crippen LogP contribution < -0.4 is 5.32 Å². The van der Waals surface area contributed by atoms with Gasteiger partial charge < -0.3 is 5.32 Å². The van der Waals surface area contributed by atoms with E-state index in [2.05, 4.69) is 5.32 Å². The van der Waals surface area contributed by atoms with Crippen LogP contribution in [0.2, 0.25) is 0 Å². The molecule has 0 saturated carbocycles. The molecule has 20 heavy (non-hydrogen) atoms. The van der Waals surface area contributed by atoms with Crippen LogP contribution in [0.25, 0.3) is 0 Å². The molecule has 4 heteroatoms. The van der Waals surface area contributed by atoms with Crippen molar-refractivity contribution in [1.82, 2.24) is 0 Å². The summed E-state index contributed by atoms with van der Waals surface area (Å²) in [4.78, 5) is 11.9. The number of benzene rings is 2. The fourth-order valence-corrected chi connectivity index (χ4v) is 1.90. The molecular formula is C16H15F2NO. The number of aryl methyl sites for hydroxylation is 2. The van der Waals surface area contributed by atoms with Gasteiger partial charge in [-0.25, -0.2) is 8.78 Å². The van der Waals surface area contributed by atoms with Gasteiger partial charge in [0.05, 0.1) is 6.42 Å². The number of carbonyl (C=O) groups is 1. The zero-order valence-electron chi connectivity index (χ0n) is 11.3. The SMILES string of the molecule is Cc1ccc(C)c(NC(=O)Cc2ccc(F)cc2F)c1. The summed E-state index contributed by atoms with van der Waals surface area (Å²) in [5.41, 5.74) is 2.84. The van der Waals surface area contributed by atoms with Crippen LogP contribution in [0.4, 0.5) is 14.5 Å². The third kappa shape index (κ3) is 3.41. The van der Waals surface area contributed by atoms with E-state index in [1.165, 1.54) is 6.07 Å². The minimum atomic E-state index is -0.707. The first-order valence-corrected chi connectivity index (χ1v) is 6.27. The van der Waals surface area contributed by atoms with Gasteiger partial charge in [-0.2, -0.15) is 0 Å². The van der Waals surface area contributed by atoms with E-state index in [4.69, 9.17) is 0 Å². The van der Waals surface area contributed by atoms with Crippen LogP contribution in [0.3, 0.4) is 0 Å². The van der Waals surface area contributed by atoms with Crippen molar-refractivity contribution in [2.45, 2.75) is 20.3 Å². The van der Waals surface area contributed by atoms with E-state index < -0.39 is 11.6 Å². The van der Waals surface area contributed by atoms with Gasteiger partial charge in [0.15, 0.2) is 0 Å². The van der Waals surface area contributed by atoms with Gasteiger partial charge in [0, 0.05) is 11.8 Å². The number of amides is 1. The highest BCUT2D eigenvalue weighted by atomic mass is 19.1. The molecule has 0 fully saturated rings. The van der Waals surface area contributed by atoms with Crippen LogP contribution in [0.5, 0.6) is 0 Å². The van der Waals surface area contributed by atoms with Gasteiger partial charge in [0.1, 0.15) is 11.6 Å². The van der Waals surface area contributed by atoms with E-state index >= 15 is 0 Å². The highest BCUT2D eigenvalue weighted by molar-refractivity contribution is 5.93. The standard InChI is InChI=1S/C16H15F2NO/c1-10-3-4-11(2)15(7-10)19-16(20)8-12-5-6-13(17)9-14(12)18/h3-7,9H,8H2,1-2H3,(H,19,20). The number of halogens is 2. The number of nitrogens with one attached hydrogen (secondary N) is 1. The maximum atomic E-state index is 13.5. The number of hydrogen-bond acceptors (Lipinski definition) is 1. The molecule has 0 aromatic heterocycles. The third-order valence-corrected chi connectivity index (χ3v) is 3.03. The minimum Gasteiger partial charge on any atom is -0.326 e. The second-order valence-electron chi connectivity index (χ2n) is 4.78. The second kappa shape index (κ2) is 5.82. The lowest BCUT2D eigenvalue weighted by Crippen LogP contribution is -2.16. The maximum Gasteiger partial charge on any atom is 0.228 e. The molecular weight excluding hydrogens is 260 g/mol. The molecule has 0 spiro atoms. The molecule has 2 rings (SSSR count). The van der Waals surface area contributed by atoms with Crippen molar-refractivity contribution in [3.05, 3.63) is 64.7 Å². The molecule has 0 heterocycles. The predicted molar refractivity (Wildman–Crippen MR) is 74.6 cm³/mol. The van der Waals surface area contributed by atoms with Crippen LogP contribution in [-0.2, 0) is 11.2 Å². The van der Waals surface area contributed by atoms with Crippen molar-refractivity contribution in [2.24, 2.45) is 0 Å². The lowest BCUT2D eigenvalue weighted by molar-refractivity contribution is -0.115. The van der Waals surface area contributed by atoms with Crippen molar-refractivity contribution < 1.29 is 13.6 Å². The summed E-state index contributed by atoms with van der Waals surface area (Å²) < 4.78 is 26.3.